The first kappa shape index (κ1) is 14.3. The van der Waals surface area contributed by atoms with E-state index in [4.69, 9.17) is 0 Å². The standard InChI is InChI=1S/C16H16BrNO3/c1-8-2-5-12(11(17)6-8)18-15(19)13-9-3-4-10(7-9)14(13)16(20)21/h2-6,9-10,13-14H,7H2,1H3,(H,18,19)(H,20,21)/t9-,10-,13+,14+/m0/s1. The Morgan fingerprint density at radius 3 is 2.52 bits per heavy atom. The Morgan fingerprint density at radius 1 is 1.24 bits per heavy atom. The van der Waals surface area contributed by atoms with Crippen LogP contribution in [0.2, 0.25) is 0 Å². The molecule has 0 aromatic heterocycles. The monoisotopic (exact) mass is 349 g/mol. The molecule has 2 aliphatic rings. The van der Waals surface area contributed by atoms with Crippen LogP contribution >= 0.6 is 15.9 Å². The summed E-state index contributed by atoms with van der Waals surface area (Å²) in [6.45, 7) is 1.97. The predicted octanol–water partition coefficient (Wildman–Crippen LogP) is 3.22. The van der Waals surface area contributed by atoms with Crippen molar-refractivity contribution in [3.05, 3.63) is 40.4 Å². The molecule has 1 fully saturated rings. The average molecular weight is 350 g/mol. The first-order chi connectivity index (χ1) is 9.97. The van der Waals surface area contributed by atoms with Crippen LogP contribution in [0.5, 0.6) is 0 Å². The van der Waals surface area contributed by atoms with Gasteiger partial charge in [0.15, 0.2) is 0 Å². The summed E-state index contributed by atoms with van der Waals surface area (Å²) in [5, 5.41) is 12.3. The number of carboxylic acids is 1. The van der Waals surface area contributed by atoms with E-state index in [0.29, 0.717) is 5.69 Å². The number of carbonyl (C=O) groups is 2. The molecule has 0 unspecified atom stereocenters. The Bertz CT molecular complexity index is 640. The highest BCUT2D eigenvalue weighted by Gasteiger charge is 2.51. The van der Waals surface area contributed by atoms with Crippen molar-refractivity contribution < 1.29 is 14.7 Å². The molecule has 110 valence electrons. The van der Waals surface area contributed by atoms with Crippen molar-refractivity contribution in [3.63, 3.8) is 0 Å². The first-order valence-corrected chi connectivity index (χ1v) is 7.75. The third-order valence-electron chi connectivity index (χ3n) is 4.43. The fourth-order valence-corrected chi connectivity index (χ4v) is 4.05. The van der Waals surface area contributed by atoms with Crippen LogP contribution in [0.1, 0.15) is 12.0 Å². The first-order valence-electron chi connectivity index (χ1n) is 6.95. The van der Waals surface area contributed by atoms with Crippen molar-refractivity contribution in [1.29, 1.82) is 0 Å². The molecule has 2 N–H and O–H groups in total. The lowest BCUT2D eigenvalue weighted by Crippen LogP contribution is -2.36. The van der Waals surface area contributed by atoms with E-state index in [2.05, 4.69) is 21.2 Å². The fourth-order valence-electron chi connectivity index (χ4n) is 3.45. The van der Waals surface area contributed by atoms with Crippen LogP contribution in [0.25, 0.3) is 0 Å². The molecule has 0 heterocycles. The molecule has 4 nitrogen and oxygen atoms in total. The number of carbonyl (C=O) groups excluding carboxylic acids is 1. The van der Waals surface area contributed by atoms with Crippen LogP contribution in [0, 0.1) is 30.6 Å². The molecule has 1 aromatic rings. The SMILES string of the molecule is Cc1ccc(NC(=O)[C@H]2[C@H](C(=O)O)[C@H]3C=C[C@H]2C3)c(Br)c1. The van der Waals surface area contributed by atoms with Crippen LogP contribution < -0.4 is 5.32 Å². The highest BCUT2D eigenvalue weighted by atomic mass is 79.9. The maximum Gasteiger partial charge on any atom is 0.307 e. The lowest BCUT2D eigenvalue weighted by atomic mass is 9.82. The lowest BCUT2D eigenvalue weighted by molar-refractivity contribution is -0.146. The number of rotatable bonds is 3. The van der Waals surface area contributed by atoms with Gasteiger partial charge in [-0.3, -0.25) is 9.59 Å². The largest absolute Gasteiger partial charge is 0.481 e. The zero-order valence-electron chi connectivity index (χ0n) is 11.5. The van der Waals surface area contributed by atoms with E-state index in [1.54, 1.807) is 0 Å². The number of aryl methyl sites for hydroxylation is 1. The van der Waals surface area contributed by atoms with Gasteiger partial charge in [0.1, 0.15) is 0 Å². The molecule has 5 heteroatoms. The summed E-state index contributed by atoms with van der Waals surface area (Å²) in [6.07, 6.45) is 4.69. The van der Waals surface area contributed by atoms with Gasteiger partial charge in [0, 0.05) is 4.47 Å². The van der Waals surface area contributed by atoms with E-state index in [0.717, 1.165) is 16.5 Å². The third kappa shape index (κ3) is 2.50. The fraction of sp³-hybridized carbons (Fsp3) is 0.375. The molecule has 0 aliphatic heterocycles. The van der Waals surface area contributed by atoms with Crippen LogP contribution in [0.3, 0.4) is 0 Å². The zero-order valence-corrected chi connectivity index (χ0v) is 13.1. The van der Waals surface area contributed by atoms with Crippen molar-refractivity contribution in [1.82, 2.24) is 0 Å². The quantitative estimate of drug-likeness (QED) is 0.823. The van der Waals surface area contributed by atoms with E-state index in [1.165, 1.54) is 0 Å². The molecule has 1 aromatic carbocycles. The van der Waals surface area contributed by atoms with E-state index in [1.807, 2.05) is 37.3 Å². The predicted molar refractivity (Wildman–Crippen MR) is 82.9 cm³/mol. The van der Waals surface area contributed by atoms with Gasteiger partial charge in [-0.1, -0.05) is 18.2 Å². The summed E-state index contributed by atoms with van der Waals surface area (Å²) in [7, 11) is 0. The number of halogens is 1. The number of allylic oxidation sites excluding steroid dienone is 2. The number of anilines is 1. The molecule has 2 bridgehead atoms. The number of aliphatic carboxylic acids is 1. The van der Waals surface area contributed by atoms with Gasteiger partial charge in [0.2, 0.25) is 5.91 Å². The van der Waals surface area contributed by atoms with E-state index >= 15 is 0 Å². The van der Waals surface area contributed by atoms with Crippen molar-refractivity contribution in [3.8, 4) is 0 Å². The molecule has 0 radical (unpaired) electrons. The third-order valence-corrected chi connectivity index (χ3v) is 5.09. The van der Waals surface area contributed by atoms with Gasteiger partial charge < -0.3 is 10.4 Å². The van der Waals surface area contributed by atoms with Crippen LogP contribution in [-0.2, 0) is 9.59 Å². The number of hydrogen-bond acceptors (Lipinski definition) is 2. The van der Waals surface area contributed by atoms with Crippen molar-refractivity contribution in [2.75, 3.05) is 5.32 Å². The molecular formula is C16H16BrNO3. The Labute approximate surface area is 131 Å². The number of fused-ring (bicyclic) bond motifs is 2. The van der Waals surface area contributed by atoms with Crippen LogP contribution in [0.15, 0.2) is 34.8 Å². The Morgan fingerprint density at radius 2 is 1.90 bits per heavy atom. The van der Waals surface area contributed by atoms with Crippen LogP contribution in [-0.4, -0.2) is 17.0 Å². The van der Waals surface area contributed by atoms with E-state index in [-0.39, 0.29) is 17.7 Å². The molecule has 4 atom stereocenters. The zero-order chi connectivity index (χ0) is 15.1. The topological polar surface area (TPSA) is 66.4 Å². The molecule has 1 amide bonds. The molecular weight excluding hydrogens is 334 g/mol. The second-order valence-corrected chi connectivity index (χ2v) is 6.67. The number of hydrogen-bond donors (Lipinski definition) is 2. The summed E-state index contributed by atoms with van der Waals surface area (Å²) < 4.78 is 0.807. The number of carboxylic acid groups (broad SMARTS) is 1. The molecule has 3 rings (SSSR count). The minimum Gasteiger partial charge on any atom is -0.481 e. The van der Waals surface area contributed by atoms with Gasteiger partial charge in [-0.2, -0.15) is 0 Å². The summed E-state index contributed by atoms with van der Waals surface area (Å²) >= 11 is 3.42. The Balaban J connectivity index is 1.82. The Kier molecular flexibility index (Phi) is 3.61. The van der Waals surface area contributed by atoms with Gasteiger partial charge in [-0.05, 0) is 58.8 Å². The summed E-state index contributed by atoms with van der Waals surface area (Å²) in [6, 6.07) is 5.66. The van der Waals surface area contributed by atoms with E-state index < -0.39 is 17.8 Å². The highest BCUT2D eigenvalue weighted by molar-refractivity contribution is 9.10. The van der Waals surface area contributed by atoms with Crippen LogP contribution in [0.4, 0.5) is 5.69 Å². The van der Waals surface area contributed by atoms with Gasteiger partial charge in [0.25, 0.3) is 0 Å². The smallest absolute Gasteiger partial charge is 0.307 e. The normalized spacial score (nSPS) is 29.6. The average Bonchev–Trinajstić information content (AvgIpc) is 3.02. The van der Waals surface area contributed by atoms with Crippen molar-refractivity contribution in [2.45, 2.75) is 13.3 Å². The summed E-state index contributed by atoms with van der Waals surface area (Å²) in [5.41, 5.74) is 1.77. The minimum absolute atomic E-state index is 0.00953. The molecule has 1 saturated carbocycles. The van der Waals surface area contributed by atoms with Gasteiger partial charge in [-0.15, -0.1) is 0 Å². The van der Waals surface area contributed by atoms with Gasteiger partial charge >= 0.3 is 5.97 Å². The molecule has 0 spiro atoms. The van der Waals surface area contributed by atoms with Gasteiger partial charge in [0.05, 0.1) is 17.5 Å². The molecule has 21 heavy (non-hydrogen) atoms. The molecule has 2 aliphatic carbocycles. The minimum atomic E-state index is -0.880. The maximum atomic E-state index is 12.5. The number of amides is 1. The lowest BCUT2D eigenvalue weighted by Gasteiger charge is -2.24. The van der Waals surface area contributed by atoms with E-state index in [9.17, 15) is 14.7 Å². The summed E-state index contributed by atoms with van der Waals surface area (Å²) in [4.78, 5) is 24.0. The molecule has 0 saturated heterocycles. The number of nitrogens with one attached hydrogen (secondary N) is 1. The van der Waals surface area contributed by atoms with Gasteiger partial charge in [-0.25, -0.2) is 0 Å². The van der Waals surface area contributed by atoms with Crippen molar-refractivity contribution >= 4 is 33.5 Å². The Hall–Kier alpha value is -1.62. The second-order valence-electron chi connectivity index (χ2n) is 5.81. The number of benzene rings is 1. The van der Waals surface area contributed by atoms with Crippen molar-refractivity contribution in [2.24, 2.45) is 23.7 Å². The summed E-state index contributed by atoms with van der Waals surface area (Å²) in [5.74, 6) is -2.14. The maximum absolute atomic E-state index is 12.5. The second kappa shape index (κ2) is 5.30. The highest BCUT2D eigenvalue weighted by Crippen LogP contribution is 2.48.